The lowest BCUT2D eigenvalue weighted by Gasteiger charge is -2.29. The summed E-state index contributed by atoms with van der Waals surface area (Å²) in [6.07, 6.45) is 0.234. The first kappa shape index (κ1) is 9.14. The van der Waals surface area contributed by atoms with Crippen LogP contribution in [0.3, 0.4) is 0 Å². The van der Waals surface area contributed by atoms with E-state index in [0.29, 0.717) is 6.54 Å². The van der Waals surface area contributed by atoms with Gasteiger partial charge in [0.25, 0.3) is 0 Å². The van der Waals surface area contributed by atoms with Crippen LogP contribution in [0.4, 0.5) is 0 Å². The maximum Gasteiger partial charge on any atom is 0.243 e. The minimum absolute atomic E-state index is 0.103. The van der Waals surface area contributed by atoms with Crippen molar-refractivity contribution in [2.24, 2.45) is 0 Å². The van der Waals surface area contributed by atoms with Crippen molar-refractivity contribution in [2.45, 2.75) is 12.5 Å². The Kier molecular flexibility index (Phi) is 2.20. The fraction of sp³-hybridized carbons (Fsp3) is 0.625. The van der Waals surface area contributed by atoms with Gasteiger partial charge in [0.05, 0.1) is 19.1 Å². The zero-order valence-electron chi connectivity index (χ0n) is 7.58. The lowest BCUT2D eigenvalue weighted by Crippen LogP contribution is -2.56. The molecule has 2 saturated heterocycles. The Morgan fingerprint density at radius 1 is 1.14 bits per heavy atom. The van der Waals surface area contributed by atoms with Crippen LogP contribution in [-0.4, -0.2) is 48.3 Å². The number of nitrogens with zero attached hydrogens (tertiary/aromatic N) is 1. The molecule has 6 nitrogen and oxygen atoms in total. The van der Waals surface area contributed by atoms with Crippen molar-refractivity contribution in [3.8, 4) is 0 Å². The molecule has 0 aromatic rings. The molecule has 2 heterocycles. The van der Waals surface area contributed by atoms with Crippen LogP contribution >= 0.6 is 0 Å². The monoisotopic (exact) mass is 197 g/mol. The first-order chi connectivity index (χ1) is 6.68. The van der Waals surface area contributed by atoms with Crippen LogP contribution in [0, 0.1) is 0 Å². The summed E-state index contributed by atoms with van der Waals surface area (Å²) in [5.41, 5.74) is 0. The molecule has 0 spiro atoms. The molecule has 2 aliphatic heterocycles. The van der Waals surface area contributed by atoms with E-state index in [4.69, 9.17) is 0 Å². The largest absolute Gasteiger partial charge is 0.354 e. The smallest absolute Gasteiger partial charge is 0.243 e. The quantitative estimate of drug-likeness (QED) is 0.469. The third kappa shape index (κ3) is 1.48. The van der Waals surface area contributed by atoms with Gasteiger partial charge in [-0.3, -0.25) is 24.6 Å². The lowest BCUT2D eigenvalue weighted by molar-refractivity contribution is -0.148. The average Bonchev–Trinajstić information content (AvgIpc) is 2.51. The molecule has 0 bridgehead atoms. The highest BCUT2D eigenvalue weighted by Gasteiger charge is 2.36. The Hall–Kier alpha value is -1.43. The fourth-order valence-electron chi connectivity index (χ4n) is 1.77. The predicted molar refractivity (Wildman–Crippen MR) is 46.1 cm³/mol. The fourth-order valence-corrected chi connectivity index (χ4v) is 1.77. The molecule has 0 aliphatic carbocycles. The molecule has 6 heteroatoms. The highest BCUT2D eigenvalue weighted by Crippen LogP contribution is 2.11. The molecule has 0 saturated carbocycles. The third-order valence-electron chi connectivity index (χ3n) is 2.41. The minimum atomic E-state index is -0.287. The van der Waals surface area contributed by atoms with Crippen molar-refractivity contribution in [1.82, 2.24) is 15.5 Å². The Balaban J connectivity index is 2.10. The summed E-state index contributed by atoms with van der Waals surface area (Å²) in [4.78, 5) is 34.9. The Labute approximate surface area is 80.6 Å². The number of amides is 3. The molecule has 1 atom stereocenters. The van der Waals surface area contributed by atoms with Gasteiger partial charge >= 0.3 is 0 Å². The van der Waals surface area contributed by atoms with Gasteiger partial charge in [-0.05, 0) is 0 Å². The molecule has 3 amide bonds. The maximum atomic E-state index is 11.4. The Morgan fingerprint density at radius 2 is 1.79 bits per heavy atom. The number of imide groups is 1. The minimum Gasteiger partial charge on any atom is -0.354 e. The third-order valence-corrected chi connectivity index (χ3v) is 2.41. The van der Waals surface area contributed by atoms with Crippen molar-refractivity contribution in [3.63, 3.8) is 0 Å². The summed E-state index contributed by atoms with van der Waals surface area (Å²) in [6, 6.07) is -0.287. The highest BCUT2D eigenvalue weighted by atomic mass is 16.2. The van der Waals surface area contributed by atoms with Crippen LogP contribution in [-0.2, 0) is 14.4 Å². The molecular formula is C8H11N3O3. The standard InChI is InChI=1S/C8H11N3O3/c12-6-1-5(2-10-6)11-7(13)3-9-4-8(11)14/h5,9H,1-4H2,(H,10,12). The van der Waals surface area contributed by atoms with E-state index in [1.165, 1.54) is 4.90 Å². The van der Waals surface area contributed by atoms with E-state index in [9.17, 15) is 14.4 Å². The predicted octanol–water partition coefficient (Wildman–Crippen LogP) is -2.17. The second-order valence-electron chi connectivity index (χ2n) is 3.42. The van der Waals surface area contributed by atoms with E-state index in [1.807, 2.05) is 0 Å². The van der Waals surface area contributed by atoms with E-state index in [2.05, 4.69) is 10.6 Å². The van der Waals surface area contributed by atoms with Gasteiger partial charge < -0.3 is 5.32 Å². The summed E-state index contributed by atoms with van der Waals surface area (Å²) in [5.74, 6) is -0.598. The molecule has 76 valence electrons. The molecule has 2 aliphatic rings. The van der Waals surface area contributed by atoms with Gasteiger partial charge in [0.1, 0.15) is 0 Å². The van der Waals surface area contributed by atoms with Crippen molar-refractivity contribution >= 4 is 17.7 Å². The van der Waals surface area contributed by atoms with Crippen molar-refractivity contribution in [2.75, 3.05) is 19.6 Å². The van der Waals surface area contributed by atoms with Gasteiger partial charge in [-0.25, -0.2) is 0 Å². The van der Waals surface area contributed by atoms with Gasteiger partial charge in [0, 0.05) is 13.0 Å². The molecule has 14 heavy (non-hydrogen) atoms. The first-order valence-electron chi connectivity index (χ1n) is 4.51. The summed E-state index contributed by atoms with van der Waals surface area (Å²) in [7, 11) is 0. The molecular weight excluding hydrogens is 186 g/mol. The molecule has 2 rings (SSSR count). The van der Waals surface area contributed by atoms with Crippen molar-refractivity contribution in [3.05, 3.63) is 0 Å². The van der Waals surface area contributed by atoms with Gasteiger partial charge in [0.2, 0.25) is 17.7 Å². The van der Waals surface area contributed by atoms with E-state index < -0.39 is 0 Å². The molecule has 2 fully saturated rings. The summed E-state index contributed by atoms with van der Waals surface area (Å²) < 4.78 is 0. The Morgan fingerprint density at radius 3 is 2.29 bits per heavy atom. The average molecular weight is 197 g/mol. The second kappa shape index (κ2) is 3.38. The van der Waals surface area contributed by atoms with E-state index in [0.717, 1.165) is 0 Å². The highest BCUT2D eigenvalue weighted by molar-refractivity contribution is 6.00. The van der Waals surface area contributed by atoms with Gasteiger partial charge in [-0.15, -0.1) is 0 Å². The SMILES string of the molecule is O=C1CC(N2C(=O)CNCC2=O)CN1. The Bertz CT molecular complexity index is 286. The first-order valence-corrected chi connectivity index (χ1v) is 4.51. The van der Waals surface area contributed by atoms with E-state index >= 15 is 0 Å². The number of carbonyl (C=O) groups is 3. The van der Waals surface area contributed by atoms with Crippen molar-refractivity contribution in [1.29, 1.82) is 0 Å². The number of nitrogens with one attached hydrogen (secondary N) is 2. The number of piperazine rings is 1. The topological polar surface area (TPSA) is 78.5 Å². The number of rotatable bonds is 1. The van der Waals surface area contributed by atoms with Crippen LogP contribution < -0.4 is 10.6 Å². The molecule has 0 radical (unpaired) electrons. The molecule has 0 aromatic carbocycles. The van der Waals surface area contributed by atoms with Crippen LogP contribution in [0.1, 0.15) is 6.42 Å². The van der Waals surface area contributed by atoms with Gasteiger partial charge in [-0.1, -0.05) is 0 Å². The molecule has 1 unspecified atom stereocenters. The molecule has 2 N–H and O–H groups in total. The van der Waals surface area contributed by atoms with E-state index in [1.54, 1.807) is 0 Å². The zero-order valence-corrected chi connectivity index (χ0v) is 7.58. The summed E-state index contributed by atoms with van der Waals surface area (Å²) in [5, 5.41) is 5.31. The van der Waals surface area contributed by atoms with Gasteiger partial charge in [-0.2, -0.15) is 0 Å². The summed E-state index contributed by atoms with van der Waals surface area (Å²) >= 11 is 0. The zero-order chi connectivity index (χ0) is 10.1. The van der Waals surface area contributed by atoms with Gasteiger partial charge in [0.15, 0.2) is 0 Å². The van der Waals surface area contributed by atoms with E-state index in [-0.39, 0.29) is 43.3 Å². The maximum absolute atomic E-state index is 11.4. The molecule has 0 aromatic heterocycles. The van der Waals surface area contributed by atoms with Crippen LogP contribution in [0.15, 0.2) is 0 Å². The summed E-state index contributed by atoms with van der Waals surface area (Å²) in [6.45, 7) is 0.739. The number of carbonyl (C=O) groups excluding carboxylic acids is 3. The normalized spacial score (nSPS) is 28.1. The van der Waals surface area contributed by atoms with Crippen LogP contribution in [0.2, 0.25) is 0 Å². The number of hydrogen-bond donors (Lipinski definition) is 2. The van der Waals surface area contributed by atoms with Crippen LogP contribution in [0.25, 0.3) is 0 Å². The number of hydrogen-bond acceptors (Lipinski definition) is 4. The van der Waals surface area contributed by atoms with Crippen molar-refractivity contribution < 1.29 is 14.4 Å². The lowest BCUT2D eigenvalue weighted by atomic mass is 10.2. The van der Waals surface area contributed by atoms with Crippen LogP contribution in [0.5, 0.6) is 0 Å². The second-order valence-corrected chi connectivity index (χ2v) is 3.42.